The summed E-state index contributed by atoms with van der Waals surface area (Å²) in [5, 5.41) is 13.0. The van der Waals surface area contributed by atoms with E-state index >= 15 is 0 Å². The number of aliphatic hydroxyl groups is 1. The lowest BCUT2D eigenvalue weighted by Crippen LogP contribution is -2.66. The van der Waals surface area contributed by atoms with Crippen molar-refractivity contribution in [2.75, 3.05) is 6.61 Å². The lowest BCUT2D eigenvalue weighted by Gasteiger charge is -2.43. The van der Waals surface area contributed by atoms with Gasteiger partial charge in [-0.3, -0.25) is 19.2 Å². The molecule has 1 saturated heterocycles. The number of aliphatic hydroxyl groups excluding tert-OH is 1. The Morgan fingerprint density at radius 2 is 1.55 bits per heavy atom. The molecule has 1 heterocycles. The van der Waals surface area contributed by atoms with Gasteiger partial charge in [-0.2, -0.15) is 0 Å². The molecule has 0 spiro atoms. The molecular weight excluding hydrogens is 386 g/mol. The number of hydrogen-bond donors (Lipinski definition) is 2. The number of ether oxygens (including phenoxy) is 4. The van der Waals surface area contributed by atoms with Gasteiger partial charge in [-0.05, 0) is 12.1 Å². The Morgan fingerprint density at radius 1 is 0.966 bits per heavy atom. The van der Waals surface area contributed by atoms with E-state index in [2.05, 4.69) is 5.32 Å². The molecule has 10 heteroatoms. The van der Waals surface area contributed by atoms with Gasteiger partial charge in [0, 0.05) is 26.3 Å². The molecule has 10 nitrogen and oxygen atoms in total. The SMILES string of the molecule is CC(=O)OCC1OC(O)C(NC(=O)c2ccccc2)C(OC(C)=O)C1OC(C)=O. The monoisotopic (exact) mass is 409 g/mol. The van der Waals surface area contributed by atoms with E-state index in [1.165, 1.54) is 6.92 Å². The molecule has 0 aromatic heterocycles. The second-order valence-electron chi connectivity index (χ2n) is 6.38. The van der Waals surface area contributed by atoms with Gasteiger partial charge >= 0.3 is 17.9 Å². The number of amides is 1. The van der Waals surface area contributed by atoms with Crippen LogP contribution in [0.1, 0.15) is 31.1 Å². The van der Waals surface area contributed by atoms with Crippen molar-refractivity contribution in [3.05, 3.63) is 35.9 Å². The minimum atomic E-state index is -1.63. The third-order valence-electron chi connectivity index (χ3n) is 4.05. The van der Waals surface area contributed by atoms with Crippen LogP contribution in [0.3, 0.4) is 0 Å². The zero-order chi connectivity index (χ0) is 21.6. The number of carbonyl (C=O) groups excluding carboxylic acids is 4. The molecule has 2 rings (SSSR count). The smallest absolute Gasteiger partial charge is 0.303 e. The predicted octanol–water partition coefficient (Wildman–Crippen LogP) is -0.0713. The summed E-state index contributed by atoms with van der Waals surface area (Å²) in [5.74, 6) is -2.62. The number of esters is 3. The van der Waals surface area contributed by atoms with Crippen LogP contribution in [-0.4, -0.2) is 66.2 Å². The molecule has 1 aromatic carbocycles. The first-order valence-corrected chi connectivity index (χ1v) is 8.86. The van der Waals surface area contributed by atoms with E-state index in [9.17, 15) is 24.3 Å². The van der Waals surface area contributed by atoms with Crippen molar-refractivity contribution in [3.8, 4) is 0 Å². The van der Waals surface area contributed by atoms with E-state index in [4.69, 9.17) is 18.9 Å². The molecule has 1 aliphatic rings. The Kier molecular flexibility index (Phi) is 7.68. The third kappa shape index (κ3) is 6.26. The van der Waals surface area contributed by atoms with Crippen LogP contribution >= 0.6 is 0 Å². The van der Waals surface area contributed by atoms with Crippen LogP contribution in [-0.2, 0) is 33.3 Å². The van der Waals surface area contributed by atoms with E-state index in [1.54, 1.807) is 30.3 Å². The molecule has 0 radical (unpaired) electrons. The summed E-state index contributed by atoms with van der Waals surface area (Å²) in [6, 6.07) is 6.91. The second-order valence-corrected chi connectivity index (χ2v) is 6.38. The van der Waals surface area contributed by atoms with Crippen molar-refractivity contribution in [2.24, 2.45) is 0 Å². The average Bonchev–Trinajstić information content (AvgIpc) is 2.65. The zero-order valence-corrected chi connectivity index (χ0v) is 16.2. The Balaban J connectivity index is 2.30. The first kappa shape index (κ1) is 22.3. The molecule has 1 fully saturated rings. The molecular formula is C19H23NO9. The second kappa shape index (κ2) is 9.99. The fourth-order valence-electron chi connectivity index (χ4n) is 2.90. The van der Waals surface area contributed by atoms with Gasteiger partial charge in [-0.1, -0.05) is 18.2 Å². The minimum absolute atomic E-state index is 0.298. The Labute approximate surface area is 167 Å². The first-order valence-electron chi connectivity index (χ1n) is 8.86. The number of hydrogen-bond acceptors (Lipinski definition) is 9. The van der Waals surface area contributed by atoms with Crippen molar-refractivity contribution < 1.29 is 43.2 Å². The normalized spacial score (nSPS) is 26.1. The van der Waals surface area contributed by atoms with Crippen LogP contribution < -0.4 is 5.32 Å². The lowest BCUT2D eigenvalue weighted by atomic mass is 9.96. The van der Waals surface area contributed by atoms with Crippen LogP contribution in [0.15, 0.2) is 30.3 Å². The fourth-order valence-corrected chi connectivity index (χ4v) is 2.90. The molecule has 0 aliphatic carbocycles. The molecule has 1 amide bonds. The summed E-state index contributed by atoms with van der Waals surface area (Å²) in [4.78, 5) is 46.9. The predicted molar refractivity (Wildman–Crippen MR) is 96.3 cm³/mol. The van der Waals surface area contributed by atoms with E-state index < -0.39 is 54.5 Å². The summed E-state index contributed by atoms with van der Waals surface area (Å²) in [5.41, 5.74) is 0.298. The van der Waals surface area contributed by atoms with E-state index in [1.807, 2.05) is 0 Å². The molecule has 0 bridgehead atoms. The summed E-state index contributed by atoms with van der Waals surface area (Å²) < 4.78 is 20.8. The molecule has 2 N–H and O–H groups in total. The highest BCUT2D eigenvalue weighted by Crippen LogP contribution is 2.26. The zero-order valence-electron chi connectivity index (χ0n) is 16.2. The number of benzene rings is 1. The molecule has 0 saturated carbocycles. The number of carbonyl (C=O) groups is 4. The highest BCUT2D eigenvalue weighted by atomic mass is 16.7. The van der Waals surface area contributed by atoms with Crippen LogP contribution in [0.25, 0.3) is 0 Å². The van der Waals surface area contributed by atoms with E-state index in [0.29, 0.717) is 5.56 Å². The molecule has 1 aromatic rings. The topological polar surface area (TPSA) is 137 Å². The summed E-state index contributed by atoms with van der Waals surface area (Å²) in [6.45, 7) is 3.08. The van der Waals surface area contributed by atoms with Crippen molar-refractivity contribution >= 4 is 23.8 Å². The van der Waals surface area contributed by atoms with Crippen LogP contribution in [0, 0.1) is 0 Å². The van der Waals surface area contributed by atoms with Crippen LogP contribution in [0.2, 0.25) is 0 Å². The minimum Gasteiger partial charge on any atom is -0.463 e. The largest absolute Gasteiger partial charge is 0.463 e. The van der Waals surface area contributed by atoms with Crippen LogP contribution in [0.4, 0.5) is 0 Å². The van der Waals surface area contributed by atoms with Gasteiger partial charge in [0.2, 0.25) is 0 Å². The highest BCUT2D eigenvalue weighted by molar-refractivity contribution is 5.94. The Hall–Kier alpha value is -2.98. The third-order valence-corrected chi connectivity index (χ3v) is 4.05. The molecule has 158 valence electrons. The highest BCUT2D eigenvalue weighted by Gasteiger charge is 2.50. The summed E-state index contributed by atoms with van der Waals surface area (Å²) >= 11 is 0. The van der Waals surface area contributed by atoms with Gasteiger partial charge < -0.3 is 29.4 Å². The van der Waals surface area contributed by atoms with Crippen molar-refractivity contribution in [1.29, 1.82) is 0 Å². The van der Waals surface area contributed by atoms with Gasteiger partial charge in [-0.15, -0.1) is 0 Å². The summed E-state index contributed by atoms with van der Waals surface area (Å²) in [6.07, 6.45) is -5.26. The maximum Gasteiger partial charge on any atom is 0.303 e. The van der Waals surface area contributed by atoms with Gasteiger partial charge in [0.25, 0.3) is 5.91 Å². The van der Waals surface area contributed by atoms with Gasteiger partial charge in [0.05, 0.1) is 0 Å². The van der Waals surface area contributed by atoms with Gasteiger partial charge in [0.1, 0.15) is 18.8 Å². The van der Waals surface area contributed by atoms with Gasteiger partial charge in [0.15, 0.2) is 18.5 Å². The number of rotatable bonds is 6. The standard InChI is InChI=1S/C19H23NO9/c1-10(21)26-9-14-16(27-11(2)22)17(28-12(3)23)15(19(25)29-14)20-18(24)13-7-5-4-6-8-13/h4-8,14-17,19,25H,9H2,1-3H3,(H,20,24). The lowest BCUT2D eigenvalue weighted by molar-refractivity contribution is -0.263. The van der Waals surface area contributed by atoms with E-state index in [0.717, 1.165) is 13.8 Å². The number of nitrogens with one attached hydrogen (secondary N) is 1. The Morgan fingerprint density at radius 3 is 2.10 bits per heavy atom. The molecule has 29 heavy (non-hydrogen) atoms. The fraction of sp³-hybridized carbons (Fsp3) is 0.474. The maximum atomic E-state index is 12.5. The quantitative estimate of drug-likeness (QED) is 0.488. The Bertz CT molecular complexity index is 751. The van der Waals surface area contributed by atoms with Crippen LogP contribution in [0.5, 0.6) is 0 Å². The van der Waals surface area contributed by atoms with E-state index in [-0.39, 0.29) is 6.61 Å². The summed E-state index contributed by atoms with van der Waals surface area (Å²) in [7, 11) is 0. The molecule has 5 atom stereocenters. The maximum absolute atomic E-state index is 12.5. The van der Waals surface area contributed by atoms with Crippen molar-refractivity contribution in [3.63, 3.8) is 0 Å². The van der Waals surface area contributed by atoms with Gasteiger partial charge in [-0.25, -0.2) is 0 Å². The average molecular weight is 409 g/mol. The first-order chi connectivity index (χ1) is 13.7. The van der Waals surface area contributed by atoms with Crippen molar-refractivity contribution in [1.82, 2.24) is 5.32 Å². The van der Waals surface area contributed by atoms with Crippen molar-refractivity contribution in [2.45, 2.75) is 51.4 Å². The molecule has 5 unspecified atom stereocenters. The molecule has 1 aliphatic heterocycles.